The van der Waals surface area contributed by atoms with Crippen LogP contribution in [0, 0.1) is 0 Å². The molecule has 2 atom stereocenters. The number of anilines is 1. The fourth-order valence-corrected chi connectivity index (χ4v) is 2.85. The molecule has 25 heavy (non-hydrogen) atoms. The lowest BCUT2D eigenvalue weighted by Crippen LogP contribution is -2.39. The van der Waals surface area contributed by atoms with Gasteiger partial charge in [-0.25, -0.2) is 4.79 Å². The fraction of sp³-hybridized carbons (Fsp3) is 0.647. The summed E-state index contributed by atoms with van der Waals surface area (Å²) in [6.07, 6.45) is 4.00. The largest absolute Gasteiger partial charge is 0.475 e. The van der Waals surface area contributed by atoms with Crippen molar-refractivity contribution in [2.45, 2.75) is 38.0 Å². The maximum atomic E-state index is 12.0. The average Bonchev–Trinajstić information content (AvgIpc) is 3.13. The van der Waals surface area contributed by atoms with E-state index in [0.29, 0.717) is 24.9 Å². The molecule has 2 unspecified atom stereocenters. The molecule has 138 valence electrons. The van der Waals surface area contributed by atoms with Crippen molar-refractivity contribution >= 4 is 11.8 Å². The van der Waals surface area contributed by atoms with Crippen LogP contribution in [0.1, 0.15) is 25.7 Å². The van der Waals surface area contributed by atoms with Crippen LogP contribution in [0.4, 0.5) is 10.6 Å². The zero-order valence-electron chi connectivity index (χ0n) is 14.3. The molecule has 0 aliphatic carbocycles. The number of aromatic nitrogens is 1. The normalized spacial score (nSPS) is 23.2. The first kappa shape index (κ1) is 17.9. The van der Waals surface area contributed by atoms with Crippen molar-refractivity contribution in [3.05, 3.63) is 18.2 Å². The number of pyridine rings is 1. The van der Waals surface area contributed by atoms with Gasteiger partial charge in [0.05, 0.1) is 6.61 Å². The number of rotatable bonds is 7. The van der Waals surface area contributed by atoms with E-state index in [2.05, 4.69) is 20.9 Å². The summed E-state index contributed by atoms with van der Waals surface area (Å²) in [5, 5.41) is 8.84. The van der Waals surface area contributed by atoms with E-state index in [9.17, 15) is 4.79 Å². The van der Waals surface area contributed by atoms with Crippen molar-refractivity contribution in [1.82, 2.24) is 15.6 Å². The maximum absolute atomic E-state index is 12.0. The van der Waals surface area contributed by atoms with Gasteiger partial charge in [-0.3, -0.25) is 5.32 Å². The quantitative estimate of drug-likeness (QED) is 0.645. The molecule has 2 aliphatic heterocycles. The molecule has 0 aromatic carbocycles. The molecule has 0 radical (unpaired) electrons. The van der Waals surface area contributed by atoms with E-state index in [0.717, 1.165) is 45.4 Å². The van der Waals surface area contributed by atoms with Crippen molar-refractivity contribution in [1.29, 1.82) is 0 Å². The minimum Gasteiger partial charge on any atom is -0.475 e. The van der Waals surface area contributed by atoms with Gasteiger partial charge >= 0.3 is 6.03 Å². The molecular weight excluding hydrogens is 324 g/mol. The van der Waals surface area contributed by atoms with Gasteiger partial charge < -0.3 is 24.8 Å². The molecule has 2 aliphatic rings. The third-order valence-corrected chi connectivity index (χ3v) is 4.14. The van der Waals surface area contributed by atoms with Crippen LogP contribution >= 0.6 is 0 Å². The van der Waals surface area contributed by atoms with Crippen LogP contribution in [-0.4, -0.2) is 56.3 Å². The minimum absolute atomic E-state index is 0.118. The number of hydrogen-bond acceptors (Lipinski definition) is 6. The number of nitrogens with one attached hydrogen (secondary N) is 3. The Morgan fingerprint density at radius 2 is 2.28 bits per heavy atom. The summed E-state index contributed by atoms with van der Waals surface area (Å²) in [6, 6.07) is 5.18. The number of hydrogen-bond donors (Lipinski definition) is 3. The maximum Gasteiger partial charge on any atom is 0.320 e. The molecule has 3 N–H and O–H groups in total. The topological polar surface area (TPSA) is 93.7 Å². The molecule has 8 nitrogen and oxygen atoms in total. The Bertz CT molecular complexity index is 545. The predicted octanol–water partition coefficient (Wildman–Crippen LogP) is 1.49. The summed E-state index contributed by atoms with van der Waals surface area (Å²) >= 11 is 0. The van der Waals surface area contributed by atoms with Gasteiger partial charge in [-0.2, -0.15) is 4.98 Å². The van der Waals surface area contributed by atoms with Crippen molar-refractivity contribution in [3.8, 4) is 5.88 Å². The molecule has 2 fully saturated rings. The lowest BCUT2D eigenvalue weighted by Gasteiger charge is -2.22. The summed E-state index contributed by atoms with van der Waals surface area (Å²) in [4.78, 5) is 16.2. The van der Waals surface area contributed by atoms with Crippen LogP contribution in [0.5, 0.6) is 5.88 Å². The second-order valence-electron chi connectivity index (χ2n) is 6.16. The van der Waals surface area contributed by atoms with E-state index in [-0.39, 0.29) is 18.4 Å². The summed E-state index contributed by atoms with van der Waals surface area (Å²) in [7, 11) is 0. The zero-order chi connectivity index (χ0) is 17.3. The Morgan fingerprint density at radius 3 is 3.08 bits per heavy atom. The molecule has 0 bridgehead atoms. The van der Waals surface area contributed by atoms with Crippen molar-refractivity contribution < 1.29 is 19.0 Å². The smallest absolute Gasteiger partial charge is 0.320 e. The van der Waals surface area contributed by atoms with E-state index in [1.165, 1.54) is 0 Å². The molecule has 1 aromatic rings. The molecule has 2 amide bonds. The van der Waals surface area contributed by atoms with Crippen LogP contribution in [0.15, 0.2) is 18.2 Å². The van der Waals surface area contributed by atoms with Crippen molar-refractivity contribution in [3.63, 3.8) is 0 Å². The standard InChI is InChI=1S/C17H26N4O4/c22-17(19-13-7-8-18-12-13)21-14-4-3-5-15(20-14)23-10-11-25-16-6-1-2-9-24-16/h3-5,13,16,18H,1-2,6-12H2,(H2,19,20,21,22). The highest BCUT2D eigenvalue weighted by Gasteiger charge is 2.17. The van der Waals surface area contributed by atoms with Crippen molar-refractivity contribution in [2.75, 3.05) is 38.2 Å². The van der Waals surface area contributed by atoms with Crippen LogP contribution in [-0.2, 0) is 9.47 Å². The molecule has 3 rings (SSSR count). The summed E-state index contributed by atoms with van der Waals surface area (Å²) < 4.78 is 16.7. The monoisotopic (exact) mass is 350 g/mol. The van der Waals surface area contributed by atoms with E-state index in [1.54, 1.807) is 18.2 Å². The summed E-state index contributed by atoms with van der Waals surface area (Å²) in [5.74, 6) is 0.908. The second kappa shape index (κ2) is 9.55. The molecule has 0 saturated carbocycles. The Kier molecular flexibility index (Phi) is 6.84. The molecular formula is C17H26N4O4. The Labute approximate surface area is 147 Å². The van der Waals surface area contributed by atoms with Crippen molar-refractivity contribution in [2.24, 2.45) is 0 Å². The third kappa shape index (κ3) is 6.15. The van der Waals surface area contributed by atoms with Crippen LogP contribution in [0.3, 0.4) is 0 Å². The molecule has 3 heterocycles. The molecule has 0 spiro atoms. The fourth-order valence-electron chi connectivity index (χ4n) is 2.85. The SMILES string of the molecule is O=C(Nc1cccc(OCCOC2CCCCO2)n1)NC1CCNC1. The third-order valence-electron chi connectivity index (χ3n) is 4.14. The zero-order valence-corrected chi connectivity index (χ0v) is 14.3. The molecule has 8 heteroatoms. The van der Waals surface area contributed by atoms with Gasteiger partial charge in [0.2, 0.25) is 5.88 Å². The van der Waals surface area contributed by atoms with E-state index in [1.807, 2.05) is 0 Å². The van der Waals surface area contributed by atoms with E-state index in [4.69, 9.17) is 14.2 Å². The van der Waals surface area contributed by atoms with E-state index < -0.39 is 0 Å². The minimum atomic E-state index is -0.254. The lowest BCUT2D eigenvalue weighted by atomic mass is 10.2. The number of carbonyl (C=O) groups is 1. The highest BCUT2D eigenvalue weighted by Crippen LogP contribution is 2.14. The summed E-state index contributed by atoms with van der Waals surface area (Å²) in [6.45, 7) is 3.32. The molecule has 1 aromatic heterocycles. The lowest BCUT2D eigenvalue weighted by molar-refractivity contribution is -0.165. The van der Waals surface area contributed by atoms with Gasteiger partial charge in [0, 0.05) is 25.3 Å². The first-order valence-electron chi connectivity index (χ1n) is 8.91. The van der Waals surface area contributed by atoms with Crippen LogP contribution in [0.2, 0.25) is 0 Å². The predicted molar refractivity (Wildman–Crippen MR) is 92.7 cm³/mol. The second-order valence-corrected chi connectivity index (χ2v) is 6.16. The van der Waals surface area contributed by atoms with Gasteiger partial charge in [-0.05, 0) is 38.3 Å². The Morgan fingerprint density at radius 1 is 1.32 bits per heavy atom. The highest BCUT2D eigenvalue weighted by atomic mass is 16.7. The van der Waals surface area contributed by atoms with Gasteiger partial charge in [0.1, 0.15) is 12.4 Å². The van der Waals surface area contributed by atoms with E-state index >= 15 is 0 Å². The summed E-state index contributed by atoms with van der Waals surface area (Å²) in [5.41, 5.74) is 0. The number of ether oxygens (including phenoxy) is 3. The number of amides is 2. The number of urea groups is 1. The Hall–Kier alpha value is -1.90. The molecule has 2 saturated heterocycles. The highest BCUT2D eigenvalue weighted by molar-refractivity contribution is 5.88. The van der Waals surface area contributed by atoms with Crippen LogP contribution < -0.4 is 20.7 Å². The van der Waals surface area contributed by atoms with Gasteiger partial charge in [0.25, 0.3) is 0 Å². The van der Waals surface area contributed by atoms with Crippen LogP contribution in [0.25, 0.3) is 0 Å². The van der Waals surface area contributed by atoms with Gasteiger partial charge in [-0.15, -0.1) is 0 Å². The Balaban J connectivity index is 1.37. The first-order chi connectivity index (χ1) is 12.3. The first-order valence-corrected chi connectivity index (χ1v) is 8.91. The van der Waals surface area contributed by atoms with Gasteiger partial charge in [-0.1, -0.05) is 6.07 Å². The number of carbonyl (C=O) groups excluding carboxylic acids is 1. The average molecular weight is 350 g/mol. The van der Waals surface area contributed by atoms with Gasteiger partial charge in [0.15, 0.2) is 6.29 Å². The number of nitrogens with zero attached hydrogens (tertiary/aromatic N) is 1.